The minimum Gasteiger partial charge on any atom is -0.354 e. The van der Waals surface area contributed by atoms with E-state index >= 15 is 0 Å². The molecule has 7 heteroatoms. The Kier molecular flexibility index (Phi) is 5.39. The van der Waals surface area contributed by atoms with Crippen LogP contribution in [-0.4, -0.2) is 34.2 Å². The van der Waals surface area contributed by atoms with Gasteiger partial charge in [-0.15, -0.1) is 21.5 Å². The maximum atomic E-state index is 12.6. The molecule has 1 fully saturated rings. The summed E-state index contributed by atoms with van der Waals surface area (Å²) in [6, 6.07) is 13.8. The van der Waals surface area contributed by atoms with Crippen molar-refractivity contribution in [1.29, 1.82) is 0 Å². The van der Waals surface area contributed by atoms with Crippen molar-refractivity contribution in [3.8, 4) is 10.6 Å². The predicted octanol–water partition coefficient (Wildman–Crippen LogP) is 3.13. The van der Waals surface area contributed by atoms with E-state index in [9.17, 15) is 4.79 Å². The topological polar surface area (TPSA) is 71.0 Å². The molecule has 1 aliphatic heterocycles. The molecule has 3 aromatic rings. The van der Waals surface area contributed by atoms with Gasteiger partial charge in [0, 0.05) is 19.3 Å². The lowest BCUT2D eigenvalue weighted by Gasteiger charge is -2.32. The van der Waals surface area contributed by atoms with E-state index in [1.165, 1.54) is 0 Å². The first-order valence-corrected chi connectivity index (χ1v) is 9.98. The molecule has 4 rings (SSSR count). The Morgan fingerprint density at radius 2 is 2.15 bits per heavy atom. The third kappa shape index (κ3) is 4.31. The first-order chi connectivity index (χ1) is 13.3. The summed E-state index contributed by atoms with van der Waals surface area (Å²) in [5, 5.41) is 13.8. The SMILES string of the molecule is O=C(NCc1ccccn1)[C@@H]1CCCN(c2ccc(-c3cccs3)nn2)C1. The number of hydrogen-bond donors (Lipinski definition) is 1. The summed E-state index contributed by atoms with van der Waals surface area (Å²) in [6.07, 6.45) is 3.60. The van der Waals surface area contributed by atoms with Crippen LogP contribution in [0.25, 0.3) is 10.6 Å². The minimum absolute atomic E-state index is 0.0405. The highest BCUT2D eigenvalue weighted by Gasteiger charge is 2.26. The monoisotopic (exact) mass is 379 g/mol. The Labute approximate surface area is 162 Å². The van der Waals surface area contributed by atoms with Gasteiger partial charge in [-0.25, -0.2) is 0 Å². The summed E-state index contributed by atoms with van der Waals surface area (Å²) >= 11 is 1.65. The van der Waals surface area contributed by atoms with Crippen LogP contribution in [0.5, 0.6) is 0 Å². The van der Waals surface area contributed by atoms with Gasteiger partial charge in [-0.2, -0.15) is 0 Å². The highest BCUT2D eigenvalue weighted by molar-refractivity contribution is 7.13. The summed E-state index contributed by atoms with van der Waals surface area (Å²) in [5.74, 6) is 0.868. The summed E-state index contributed by atoms with van der Waals surface area (Å²) in [4.78, 5) is 20.1. The van der Waals surface area contributed by atoms with E-state index in [1.54, 1.807) is 17.5 Å². The Morgan fingerprint density at radius 3 is 2.89 bits per heavy atom. The highest BCUT2D eigenvalue weighted by atomic mass is 32.1. The van der Waals surface area contributed by atoms with Crippen LogP contribution in [0.1, 0.15) is 18.5 Å². The van der Waals surface area contributed by atoms with Crippen LogP contribution in [0.15, 0.2) is 54.0 Å². The largest absolute Gasteiger partial charge is 0.354 e. The smallest absolute Gasteiger partial charge is 0.225 e. The second-order valence-corrected chi connectivity index (χ2v) is 7.53. The van der Waals surface area contributed by atoms with Gasteiger partial charge in [0.2, 0.25) is 5.91 Å². The molecular formula is C20H21N5OS. The average Bonchev–Trinajstić information content (AvgIpc) is 3.28. The van der Waals surface area contributed by atoms with Gasteiger partial charge in [-0.1, -0.05) is 12.1 Å². The molecule has 0 unspecified atom stereocenters. The second kappa shape index (κ2) is 8.26. The lowest BCUT2D eigenvalue weighted by atomic mass is 9.97. The average molecular weight is 379 g/mol. The maximum absolute atomic E-state index is 12.6. The third-order valence-electron chi connectivity index (χ3n) is 4.71. The van der Waals surface area contributed by atoms with Crippen molar-refractivity contribution in [2.24, 2.45) is 5.92 Å². The molecule has 3 aromatic heterocycles. The first-order valence-electron chi connectivity index (χ1n) is 9.10. The van der Waals surface area contributed by atoms with Crippen molar-refractivity contribution in [3.05, 3.63) is 59.7 Å². The molecule has 6 nitrogen and oxygen atoms in total. The number of hydrogen-bond acceptors (Lipinski definition) is 6. The fraction of sp³-hybridized carbons (Fsp3) is 0.300. The van der Waals surface area contributed by atoms with E-state index in [4.69, 9.17) is 0 Å². The molecule has 0 aromatic carbocycles. The zero-order valence-electron chi connectivity index (χ0n) is 14.9. The van der Waals surface area contributed by atoms with Crippen LogP contribution >= 0.6 is 11.3 Å². The van der Waals surface area contributed by atoms with Crippen molar-refractivity contribution in [2.45, 2.75) is 19.4 Å². The fourth-order valence-corrected chi connectivity index (χ4v) is 3.96. The number of nitrogens with zero attached hydrogens (tertiary/aromatic N) is 4. The molecule has 0 radical (unpaired) electrons. The lowest BCUT2D eigenvalue weighted by molar-refractivity contribution is -0.125. The van der Waals surface area contributed by atoms with Crippen molar-refractivity contribution in [2.75, 3.05) is 18.0 Å². The van der Waals surface area contributed by atoms with E-state index in [0.717, 1.165) is 41.5 Å². The predicted molar refractivity (Wildman–Crippen MR) is 106 cm³/mol. The molecule has 0 saturated carbocycles. The molecular weight excluding hydrogens is 358 g/mol. The number of piperidine rings is 1. The third-order valence-corrected chi connectivity index (χ3v) is 5.60. The zero-order valence-corrected chi connectivity index (χ0v) is 15.7. The number of aromatic nitrogens is 3. The van der Waals surface area contributed by atoms with Crippen molar-refractivity contribution in [3.63, 3.8) is 0 Å². The number of carbonyl (C=O) groups excluding carboxylic acids is 1. The van der Waals surface area contributed by atoms with Crippen LogP contribution in [0.3, 0.4) is 0 Å². The van der Waals surface area contributed by atoms with Gasteiger partial charge < -0.3 is 10.2 Å². The molecule has 1 amide bonds. The van der Waals surface area contributed by atoms with E-state index in [-0.39, 0.29) is 11.8 Å². The van der Waals surface area contributed by atoms with Crippen molar-refractivity contribution >= 4 is 23.1 Å². The number of carbonyl (C=O) groups is 1. The van der Waals surface area contributed by atoms with E-state index in [0.29, 0.717) is 13.1 Å². The van der Waals surface area contributed by atoms with Crippen LogP contribution in [0.4, 0.5) is 5.82 Å². The van der Waals surface area contributed by atoms with Crippen LogP contribution in [-0.2, 0) is 11.3 Å². The number of rotatable bonds is 5. The van der Waals surface area contributed by atoms with Crippen LogP contribution < -0.4 is 10.2 Å². The minimum atomic E-state index is -0.0405. The Hall–Kier alpha value is -2.80. The number of amides is 1. The molecule has 4 heterocycles. The normalized spacial score (nSPS) is 16.9. The number of nitrogens with one attached hydrogen (secondary N) is 1. The number of thiophene rings is 1. The standard InChI is InChI=1S/C20H21N5OS/c26-20(22-13-16-6-1-2-10-21-16)15-5-3-11-25(14-15)19-9-8-17(23-24-19)18-7-4-12-27-18/h1-2,4,6-10,12,15H,3,5,11,13-14H2,(H,22,26)/t15-/m1/s1. The van der Waals surface area contributed by atoms with Crippen LogP contribution in [0.2, 0.25) is 0 Å². The molecule has 0 spiro atoms. The number of pyridine rings is 1. The number of anilines is 1. The highest BCUT2D eigenvalue weighted by Crippen LogP contribution is 2.25. The molecule has 1 atom stereocenters. The van der Waals surface area contributed by atoms with Gasteiger partial charge in [0.15, 0.2) is 5.82 Å². The first kappa shape index (κ1) is 17.6. The quantitative estimate of drug-likeness (QED) is 0.737. The van der Waals surface area contributed by atoms with E-state index < -0.39 is 0 Å². The van der Waals surface area contributed by atoms with Gasteiger partial charge >= 0.3 is 0 Å². The Morgan fingerprint density at radius 1 is 1.19 bits per heavy atom. The molecule has 0 bridgehead atoms. The van der Waals surface area contributed by atoms with Gasteiger partial charge in [0.05, 0.1) is 23.0 Å². The zero-order chi connectivity index (χ0) is 18.5. The summed E-state index contributed by atoms with van der Waals surface area (Å²) in [7, 11) is 0. The molecule has 1 saturated heterocycles. The van der Waals surface area contributed by atoms with Crippen LogP contribution in [0, 0.1) is 5.92 Å². The van der Waals surface area contributed by atoms with Gasteiger partial charge in [-0.3, -0.25) is 9.78 Å². The molecule has 1 N–H and O–H groups in total. The lowest BCUT2D eigenvalue weighted by Crippen LogP contribution is -2.43. The van der Waals surface area contributed by atoms with E-state index in [1.807, 2.05) is 47.8 Å². The summed E-state index contributed by atoms with van der Waals surface area (Å²) in [6.45, 7) is 2.03. The maximum Gasteiger partial charge on any atom is 0.225 e. The second-order valence-electron chi connectivity index (χ2n) is 6.58. The van der Waals surface area contributed by atoms with Crippen molar-refractivity contribution in [1.82, 2.24) is 20.5 Å². The van der Waals surface area contributed by atoms with Crippen molar-refractivity contribution < 1.29 is 4.79 Å². The molecule has 27 heavy (non-hydrogen) atoms. The molecule has 0 aliphatic carbocycles. The van der Waals surface area contributed by atoms with E-state index in [2.05, 4.69) is 25.4 Å². The Balaban J connectivity index is 1.36. The summed E-state index contributed by atoms with van der Waals surface area (Å²) < 4.78 is 0. The Bertz CT molecular complexity index is 867. The van der Waals surface area contributed by atoms with Gasteiger partial charge in [-0.05, 0) is 48.6 Å². The molecule has 1 aliphatic rings. The fourth-order valence-electron chi connectivity index (χ4n) is 3.27. The van der Waals surface area contributed by atoms with Gasteiger partial charge in [0.25, 0.3) is 0 Å². The van der Waals surface area contributed by atoms with Gasteiger partial charge in [0.1, 0.15) is 5.69 Å². The summed E-state index contributed by atoms with van der Waals surface area (Å²) in [5.41, 5.74) is 1.75. The molecule has 138 valence electrons.